The Labute approximate surface area is 187 Å². The zero-order valence-electron chi connectivity index (χ0n) is 17.4. The number of piperazine rings is 1. The standard InChI is InChI=1S/C21H24N4O6S/c1-29-9-12(26)10-30-15-5-3-13(20-22-6-7-32-20)18-17(15)24-19(31-18)16-14-4-2-11(8-23-16)25(14)21(27)28/h3,5-7,11-12,14,16,23,26H,2,4,8-10H2,1H3,(H,27,28). The number of rotatable bonds is 7. The van der Waals surface area contributed by atoms with Crippen molar-refractivity contribution in [1.29, 1.82) is 0 Å². The summed E-state index contributed by atoms with van der Waals surface area (Å²) in [6.07, 6.45) is 1.59. The molecule has 2 bridgehead atoms. The quantitative estimate of drug-likeness (QED) is 0.487. The van der Waals surface area contributed by atoms with E-state index < -0.39 is 12.2 Å². The van der Waals surface area contributed by atoms with Crippen LogP contribution in [0.2, 0.25) is 0 Å². The maximum Gasteiger partial charge on any atom is 0.407 e. The van der Waals surface area contributed by atoms with Crippen LogP contribution in [0.3, 0.4) is 0 Å². The van der Waals surface area contributed by atoms with E-state index in [2.05, 4.69) is 10.3 Å². The number of carboxylic acid groups (broad SMARTS) is 1. The van der Waals surface area contributed by atoms with Gasteiger partial charge in [-0.1, -0.05) is 0 Å². The SMILES string of the molecule is COCC(O)COc1ccc(-c2nccs2)c2oc(C3NCC4CCC3N4C(=O)O)nc12. The second kappa shape index (κ2) is 8.66. The van der Waals surface area contributed by atoms with Gasteiger partial charge in [0, 0.05) is 31.3 Å². The number of amides is 1. The Hall–Kier alpha value is -2.73. The Morgan fingerprint density at radius 3 is 3.03 bits per heavy atom. The third-order valence-electron chi connectivity index (χ3n) is 5.97. The second-order valence-electron chi connectivity index (χ2n) is 7.97. The van der Waals surface area contributed by atoms with Crippen LogP contribution in [0, 0.1) is 0 Å². The average Bonchev–Trinajstić information content (AvgIpc) is 3.51. The molecular formula is C21H24N4O6S. The number of oxazole rings is 1. The van der Waals surface area contributed by atoms with Crippen LogP contribution < -0.4 is 10.1 Å². The highest BCUT2D eigenvalue weighted by Crippen LogP contribution is 2.41. The summed E-state index contributed by atoms with van der Waals surface area (Å²) >= 11 is 1.48. The van der Waals surface area contributed by atoms with Crippen molar-refractivity contribution in [3.8, 4) is 16.3 Å². The average molecular weight is 461 g/mol. The fraction of sp³-hybridized carbons (Fsp3) is 0.476. The normalized spacial score (nSPS) is 23.6. The number of ether oxygens (including phenoxy) is 2. The van der Waals surface area contributed by atoms with E-state index in [1.807, 2.05) is 11.4 Å². The summed E-state index contributed by atoms with van der Waals surface area (Å²) in [5.74, 6) is 0.892. The third-order valence-corrected chi connectivity index (χ3v) is 6.77. The topological polar surface area (TPSA) is 130 Å². The first-order valence-corrected chi connectivity index (χ1v) is 11.3. The first-order valence-electron chi connectivity index (χ1n) is 10.4. The zero-order valence-corrected chi connectivity index (χ0v) is 18.2. The number of methoxy groups -OCH3 is 1. The van der Waals surface area contributed by atoms with Crippen LogP contribution in [-0.2, 0) is 4.74 Å². The number of nitrogens with zero attached hydrogens (tertiary/aromatic N) is 3. The highest BCUT2D eigenvalue weighted by atomic mass is 32.1. The van der Waals surface area contributed by atoms with Gasteiger partial charge in [0.1, 0.15) is 29.5 Å². The van der Waals surface area contributed by atoms with E-state index in [-0.39, 0.29) is 31.3 Å². The minimum Gasteiger partial charge on any atom is -0.488 e. The summed E-state index contributed by atoms with van der Waals surface area (Å²) in [7, 11) is 1.51. The van der Waals surface area contributed by atoms with E-state index in [1.165, 1.54) is 23.3 Å². The van der Waals surface area contributed by atoms with Gasteiger partial charge in [0.2, 0.25) is 5.89 Å². The Morgan fingerprint density at radius 2 is 2.28 bits per heavy atom. The molecule has 2 aromatic heterocycles. The molecule has 2 saturated heterocycles. The van der Waals surface area contributed by atoms with Gasteiger partial charge >= 0.3 is 6.09 Å². The van der Waals surface area contributed by atoms with Gasteiger partial charge in [-0.2, -0.15) is 0 Å². The third kappa shape index (κ3) is 3.71. The van der Waals surface area contributed by atoms with Crippen molar-refractivity contribution in [1.82, 2.24) is 20.2 Å². The molecule has 5 rings (SSSR count). The van der Waals surface area contributed by atoms with E-state index in [0.29, 0.717) is 29.3 Å². The largest absolute Gasteiger partial charge is 0.488 e. The molecule has 2 fully saturated rings. The maximum absolute atomic E-state index is 11.8. The molecule has 170 valence electrons. The molecule has 0 spiro atoms. The molecular weight excluding hydrogens is 436 g/mol. The highest BCUT2D eigenvalue weighted by molar-refractivity contribution is 7.13. The van der Waals surface area contributed by atoms with Crippen molar-refractivity contribution < 1.29 is 28.9 Å². The lowest BCUT2D eigenvalue weighted by Crippen LogP contribution is -2.55. The van der Waals surface area contributed by atoms with E-state index >= 15 is 0 Å². The van der Waals surface area contributed by atoms with Gasteiger partial charge in [0.15, 0.2) is 11.1 Å². The molecule has 1 aromatic carbocycles. The van der Waals surface area contributed by atoms with Crippen LogP contribution in [0.5, 0.6) is 5.75 Å². The summed E-state index contributed by atoms with van der Waals surface area (Å²) in [6.45, 7) is 0.753. The maximum atomic E-state index is 11.8. The van der Waals surface area contributed by atoms with Crippen molar-refractivity contribution in [3.05, 3.63) is 29.6 Å². The first-order chi connectivity index (χ1) is 15.6. The van der Waals surface area contributed by atoms with E-state index in [0.717, 1.165) is 23.4 Å². The van der Waals surface area contributed by atoms with Gasteiger partial charge in [-0.25, -0.2) is 14.8 Å². The number of aliphatic hydroxyl groups excluding tert-OH is 1. The summed E-state index contributed by atoms with van der Waals surface area (Å²) < 4.78 is 17.0. The number of thiazole rings is 1. The van der Waals surface area contributed by atoms with E-state index in [4.69, 9.17) is 18.9 Å². The monoisotopic (exact) mass is 460 g/mol. The Bertz CT molecular complexity index is 1100. The molecule has 0 radical (unpaired) electrons. The molecule has 3 aromatic rings. The van der Waals surface area contributed by atoms with Gasteiger partial charge in [-0.15, -0.1) is 11.3 Å². The van der Waals surface area contributed by atoms with Crippen molar-refractivity contribution in [2.24, 2.45) is 0 Å². The van der Waals surface area contributed by atoms with Crippen LogP contribution in [-0.4, -0.2) is 76.2 Å². The van der Waals surface area contributed by atoms with Crippen molar-refractivity contribution in [2.75, 3.05) is 26.9 Å². The van der Waals surface area contributed by atoms with Crippen LogP contribution in [0.25, 0.3) is 21.7 Å². The first kappa shape index (κ1) is 21.1. The van der Waals surface area contributed by atoms with Crippen LogP contribution >= 0.6 is 11.3 Å². The van der Waals surface area contributed by atoms with Crippen LogP contribution in [0.15, 0.2) is 28.1 Å². The predicted octanol–water partition coefficient (Wildman–Crippen LogP) is 2.49. The lowest BCUT2D eigenvalue weighted by molar-refractivity contribution is 0.0329. The molecule has 0 saturated carbocycles. The van der Waals surface area contributed by atoms with Crippen molar-refractivity contribution in [2.45, 2.75) is 37.1 Å². The Kier molecular flexibility index (Phi) is 5.72. The molecule has 4 unspecified atom stereocenters. The minimum absolute atomic E-state index is 0.0230. The number of carbonyl (C=O) groups is 1. The molecule has 10 nitrogen and oxygen atoms in total. The van der Waals surface area contributed by atoms with Gasteiger partial charge in [0.05, 0.1) is 18.2 Å². The number of benzene rings is 1. The fourth-order valence-electron chi connectivity index (χ4n) is 4.59. The number of aliphatic hydroxyl groups is 1. The lowest BCUT2D eigenvalue weighted by Gasteiger charge is -2.37. The Balaban J connectivity index is 1.53. The van der Waals surface area contributed by atoms with Gasteiger partial charge < -0.3 is 29.4 Å². The molecule has 4 heterocycles. The van der Waals surface area contributed by atoms with Gasteiger partial charge in [-0.05, 0) is 25.0 Å². The minimum atomic E-state index is -0.917. The molecule has 2 aliphatic rings. The predicted molar refractivity (Wildman–Crippen MR) is 116 cm³/mol. The van der Waals surface area contributed by atoms with Crippen molar-refractivity contribution >= 4 is 28.5 Å². The number of fused-ring (bicyclic) bond motifs is 3. The van der Waals surface area contributed by atoms with Gasteiger partial charge in [0.25, 0.3) is 0 Å². The smallest absolute Gasteiger partial charge is 0.407 e. The van der Waals surface area contributed by atoms with Gasteiger partial charge in [-0.3, -0.25) is 4.90 Å². The summed E-state index contributed by atoms with van der Waals surface area (Å²) in [6, 6.07) is 3.03. The van der Waals surface area contributed by atoms with E-state index in [1.54, 1.807) is 12.3 Å². The van der Waals surface area contributed by atoms with Crippen LogP contribution in [0.1, 0.15) is 24.8 Å². The van der Waals surface area contributed by atoms with Crippen molar-refractivity contribution in [3.63, 3.8) is 0 Å². The fourth-order valence-corrected chi connectivity index (χ4v) is 5.25. The highest BCUT2D eigenvalue weighted by Gasteiger charge is 2.47. The lowest BCUT2D eigenvalue weighted by atomic mass is 10.1. The van der Waals surface area contributed by atoms with Crippen LogP contribution in [0.4, 0.5) is 4.79 Å². The molecule has 1 amide bonds. The molecule has 3 N–H and O–H groups in total. The Morgan fingerprint density at radius 1 is 1.41 bits per heavy atom. The number of hydrogen-bond donors (Lipinski definition) is 3. The summed E-state index contributed by atoms with van der Waals surface area (Å²) in [4.78, 5) is 22.5. The molecule has 4 atom stereocenters. The van der Waals surface area contributed by atoms with E-state index in [9.17, 15) is 15.0 Å². The molecule has 11 heteroatoms. The zero-order chi connectivity index (χ0) is 22.2. The summed E-state index contributed by atoms with van der Waals surface area (Å²) in [5, 5.41) is 25.7. The summed E-state index contributed by atoms with van der Waals surface area (Å²) in [5.41, 5.74) is 1.83. The molecule has 0 aliphatic carbocycles. The number of aromatic nitrogens is 2. The second-order valence-corrected chi connectivity index (χ2v) is 8.87. The number of nitrogens with one attached hydrogen (secondary N) is 1. The number of hydrogen-bond acceptors (Lipinski definition) is 9. The molecule has 2 aliphatic heterocycles. The molecule has 32 heavy (non-hydrogen) atoms.